The van der Waals surface area contributed by atoms with Crippen molar-refractivity contribution in [2.45, 2.75) is 39.2 Å². The maximum atomic E-state index is 13.3. The first-order valence-corrected chi connectivity index (χ1v) is 11.6. The zero-order valence-electron chi connectivity index (χ0n) is 19.3. The molecule has 0 unspecified atom stereocenters. The van der Waals surface area contributed by atoms with Crippen LogP contribution in [0.15, 0.2) is 79.1 Å². The maximum absolute atomic E-state index is 13.3. The van der Waals surface area contributed by atoms with Gasteiger partial charge in [-0.15, -0.1) is 0 Å². The smallest absolute Gasteiger partial charge is 0.253 e. The second kappa shape index (κ2) is 9.99. The van der Waals surface area contributed by atoms with Crippen LogP contribution in [-0.4, -0.2) is 40.8 Å². The van der Waals surface area contributed by atoms with Gasteiger partial charge in [-0.1, -0.05) is 54.6 Å². The molecule has 1 aliphatic rings. The molecule has 1 aromatic heterocycles. The lowest BCUT2D eigenvalue weighted by molar-refractivity contribution is -0.134. The summed E-state index contributed by atoms with van der Waals surface area (Å²) in [6.07, 6.45) is 5.22. The van der Waals surface area contributed by atoms with E-state index < -0.39 is 5.41 Å². The summed E-state index contributed by atoms with van der Waals surface area (Å²) < 4.78 is 0. The summed E-state index contributed by atoms with van der Waals surface area (Å²) in [5.41, 5.74) is 3.60. The van der Waals surface area contributed by atoms with E-state index in [0.29, 0.717) is 37.9 Å². The van der Waals surface area contributed by atoms with Gasteiger partial charge in [-0.2, -0.15) is 0 Å². The fraction of sp³-hybridized carbons (Fsp3) is 0.321. The van der Waals surface area contributed by atoms with E-state index in [1.54, 1.807) is 24.5 Å². The fourth-order valence-electron chi connectivity index (χ4n) is 4.55. The van der Waals surface area contributed by atoms with Crippen molar-refractivity contribution in [3.8, 4) is 11.1 Å². The Morgan fingerprint density at radius 1 is 0.909 bits per heavy atom. The van der Waals surface area contributed by atoms with Crippen LogP contribution >= 0.6 is 0 Å². The number of nitrogens with zero attached hydrogens (tertiary/aromatic N) is 2. The number of carbonyl (C=O) groups excluding carboxylic acids is 2. The molecule has 5 nitrogen and oxygen atoms in total. The predicted octanol–water partition coefficient (Wildman–Crippen LogP) is 4.74. The van der Waals surface area contributed by atoms with Crippen molar-refractivity contribution < 1.29 is 9.59 Å². The maximum Gasteiger partial charge on any atom is 0.253 e. The van der Waals surface area contributed by atoms with Gasteiger partial charge in [0.05, 0.1) is 5.41 Å². The average Bonchev–Trinajstić information content (AvgIpc) is 2.85. The summed E-state index contributed by atoms with van der Waals surface area (Å²) in [5.74, 6) is 0.0862. The topological polar surface area (TPSA) is 62.3 Å². The lowest BCUT2D eigenvalue weighted by Crippen LogP contribution is -2.52. The minimum absolute atomic E-state index is 0.00230. The molecule has 1 N–H and O–H groups in total. The normalized spacial score (nSPS) is 15.3. The van der Waals surface area contributed by atoms with Crippen molar-refractivity contribution in [3.05, 3.63) is 90.3 Å². The molecule has 1 saturated heterocycles. The molecule has 5 heteroatoms. The second-order valence-corrected chi connectivity index (χ2v) is 9.18. The summed E-state index contributed by atoms with van der Waals surface area (Å²) in [6, 6.07) is 22.3. The third-order valence-corrected chi connectivity index (χ3v) is 6.44. The Labute approximate surface area is 195 Å². The summed E-state index contributed by atoms with van der Waals surface area (Å²) in [5, 5.41) is 3.14. The van der Waals surface area contributed by atoms with E-state index in [9.17, 15) is 9.59 Å². The van der Waals surface area contributed by atoms with Crippen LogP contribution in [0, 0.1) is 5.41 Å². The minimum Gasteiger partial charge on any atom is -0.353 e. The molecule has 1 fully saturated rings. The van der Waals surface area contributed by atoms with Crippen LogP contribution in [0.4, 0.5) is 0 Å². The van der Waals surface area contributed by atoms with Crippen molar-refractivity contribution in [3.63, 3.8) is 0 Å². The standard InChI is InChI=1S/C28H31N3O2/c1-21(2)30-27(33)28(14-18-31(19-15-28)26(32)25-12-16-29-17-13-25)20-22-8-10-24(11-9-22)23-6-4-3-5-7-23/h3-13,16-17,21H,14-15,18-20H2,1-2H3,(H,30,33). The SMILES string of the molecule is CC(C)NC(=O)C1(Cc2ccc(-c3ccccc3)cc2)CCN(C(=O)c2ccncc2)CC1. The Morgan fingerprint density at radius 3 is 2.12 bits per heavy atom. The zero-order chi connectivity index (χ0) is 23.3. The Kier molecular flexibility index (Phi) is 6.87. The number of likely N-dealkylation sites (tertiary alicyclic amines) is 1. The van der Waals surface area contributed by atoms with Gasteiger partial charge in [-0.25, -0.2) is 0 Å². The highest BCUT2D eigenvalue weighted by Gasteiger charge is 2.42. The van der Waals surface area contributed by atoms with Crippen molar-refractivity contribution in [1.29, 1.82) is 0 Å². The van der Waals surface area contributed by atoms with Gasteiger partial charge in [0.25, 0.3) is 5.91 Å². The Balaban J connectivity index is 1.51. The number of amides is 2. The number of piperidine rings is 1. The molecule has 3 aromatic rings. The first-order valence-electron chi connectivity index (χ1n) is 11.6. The Bertz CT molecular complexity index is 1070. The van der Waals surface area contributed by atoms with Crippen LogP contribution < -0.4 is 5.32 Å². The highest BCUT2D eigenvalue weighted by Crippen LogP contribution is 2.36. The first-order chi connectivity index (χ1) is 16.0. The van der Waals surface area contributed by atoms with E-state index in [0.717, 1.165) is 11.1 Å². The Morgan fingerprint density at radius 2 is 1.52 bits per heavy atom. The van der Waals surface area contributed by atoms with Crippen molar-refractivity contribution >= 4 is 11.8 Å². The fourth-order valence-corrected chi connectivity index (χ4v) is 4.55. The molecule has 2 amide bonds. The highest BCUT2D eigenvalue weighted by molar-refractivity contribution is 5.94. The molecule has 1 aliphatic heterocycles. The third-order valence-electron chi connectivity index (χ3n) is 6.44. The molecule has 0 spiro atoms. The molecule has 33 heavy (non-hydrogen) atoms. The van der Waals surface area contributed by atoms with Crippen LogP contribution in [0.5, 0.6) is 0 Å². The number of benzene rings is 2. The van der Waals surface area contributed by atoms with Gasteiger partial charge in [0.1, 0.15) is 0 Å². The second-order valence-electron chi connectivity index (χ2n) is 9.18. The number of pyridine rings is 1. The van der Waals surface area contributed by atoms with E-state index in [1.165, 1.54) is 5.56 Å². The summed E-state index contributed by atoms with van der Waals surface area (Å²) in [6.45, 7) is 5.11. The number of carbonyl (C=O) groups is 2. The first kappa shape index (κ1) is 22.7. The van der Waals surface area contributed by atoms with Gasteiger partial charge in [-0.3, -0.25) is 14.6 Å². The van der Waals surface area contributed by atoms with E-state index >= 15 is 0 Å². The van der Waals surface area contributed by atoms with E-state index in [-0.39, 0.29) is 17.9 Å². The lowest BCUT2D eigenvalue weighted by Gasteiger charge is -2.41. The van der Waals surface area contributed by atoms with E-state index in [1.807, 2.05) is 36.9 Å². The molecule has 0 aliphatic carbocycles. The van der Waals surface area contributed by atoms with Gasteiger partial charge in [0, 0.05) is 37.1 Å². The largest absolute Gasteiger partial charge is 0.353 e. The van der Waals surface area contributed by atoms with Crippen LogP contribution in [0.2, 0.25) is 0 Å². The molecule has 0 radical (unpaired) electrons. The summed E-state index contributed by atoms with van der Waals surface area (Å²) >= 11 is 0. The molecular formula is C28H31N3O2. The monoisotopic (exact) mass is 441 g/mol. The molecule has 0 atom stereocenters. The van der Waals surface area contributed by atoms with Gasteiger partial charge < -0.3 is 10.2 Å². The van der Waals surface area contributed by atoms with Crippen LogP contribution in [0.25, 0.3) is 11.1 Å². The van der Waals surface area contributed by atoms with Crippen LogP contribution in [0.3, 0.4) is 0 Å². The van der Waals surface area contributed by atoms with Gasteiger partial charge in [0.2, 0.25) is 5.91 Å². The van der Waals surface area contributed by atoms with Crippen LogP contribution in [-0.2, 0) is 11.2 Å². The van der Waals surface area contributed by atoms with Gasteiger partial charge >= 0.3 is 0 Å². The number of nitrogens with one attached hydrogen (secondary N) is 1. The zero-order valence-corrected chi connectivity index (χ0v) is 19.3. The van der Waals surface area contributed by atoms with Gasteiger partial charge in [-0.05, 0) is 61.9 Å². The molecule has 2 heterocycles. The number of rotatable bonds is 6. The average molecular weight is 442 g/mol. The van der Waals surface area contributed by atoms with E-state index in [2.05, 4.69) is 46.7 Å². The highest BCUT2D eigenvalue weighted by atomic mass is 16.2. The quantitative estimate of drug-likeness (QED) is 0.601. The van der Waals surface area contributed by atoms with Crippen molar-refractivity contribution in [2.24, 2.45) is 5.41 Å². The molecule has 170 valence electrons. The predicted molar refractivity (Wildman–Crippen MR) is 131 cm³/mol. The van der Waals surface area contributed by atoms with Crippen molar-refractivity contribution in [1.82, 2.24) is 15.2 Å². The Hall–Kier alpha value is -3.47. The van der Waals surface area contributed by atoms with Gasteiger partial charge in [0.15, 0.2) is 0 Å². The molecule has 4 rings (SSSR count). The number of aromatic nitrogens is 1. The molecule has 0 saturated carbocycles. The minimum atomic E-state index is -0.520. The third kappa shape index (κ3) is 5.30. The lowest BCUT2D eigenvalue weighted by atomic mass is 9.72. The van der Waals surface area contributed by atoms with Crippen molar-refractivity contribution in [2.75, 3.05) is 13.1 Å². The number of hydrogen-bond donors (Lipinski definition) is 1. The van der Waals surface area contributed by atoms with E-state index in [4.69, 9.17) is 0 Å². The number of hydrogen-bond acceptors (Lipinski definition) is 3. The molecule has 0 bridgehead atoms. The summed E-state index contributed by atoms with van der Waals surface area (Å²) in [4.78, 5) is 32.1. The summed E-state index contributed by atoms with van der Waals surface area (Å²) in [7, 11) is 0. The molecular weight excluding hydrogens is 410 g/mol. The molecule has 2 aromatic carbocycles. The van der Waals surface area contributed by atoms with Crippen LogP contribution in [0.1, 0.15) is 42.6 Å².